The van der Waals surface area contributed by atoms with Crippen molar-refractivity contribution in [3.05, 3.63) is 35.4 Å². The molecule has 0 unspecified atom stereocenters. The molecule has 0 radical (unpaired) electrons. The Kier molecular flexibility index (Phi) is 4.55. The van der Waals surface area contributed by atoms with Crippen molar-refractivity contribution in [2.75, 3.05) is 19.6 Å². The van der Waals surface area contributed by atoms with Gasteiger partial charge >= 0.3 is 0 Å². The molecule has 4 heteroatoms. The highest BCUT2D eigenvalue weighted by molar-refractivity contribution is 5.79. The molecule has 1 saturated heterocycles. The van der Waals surface area contributed by atoms with Gasteiger partial charge in [0, 0.05) is 26.1 Å². The lowest BCUT2D eigenvalue weighted by molar-refractivity contribution is -0.128. The summed E-state index contributed by atoms with van der Waals surface area (Å²) < 4.78 is 0. The number of nitrogens with zero attached hydrogens (tertiary/aromatic N) is 1. The largest absolute Gasteiger partial charge is 0.354 e. The molecular weight excluding hydrogens is 240 g/mol. The predicted octanol–water partition coefficient (Wildman–Crippen LogP) is 1.28. The quantitative estimate of drug-likeness (QED) is 0.867. The Balaban J connectivity index is 1.69. The summed E-state index contributed by atoms with van der Waals surface area (Å²) in [5.74, 6) is 0.211. The van der Waals surface area contributed by atoms with Crippen LogP contribution in [0.4, 0.5) is 0 Å². The van der Waals surface area contributed by atoms with E-state index in [1.165, 1.54) is 5.56 Å². The summed E-state index contributed by atoms with van der Waals surface area (Å²) in [5, 5.41) is 2.86. The van der Waals surface area contributed by atoms with Crippen LogP contribution in [0.5, 0.6) is 0 Å². The van der Waals surface area contributed by atoms with E-state index >= 15 is 0 Å². The van der Waals surface area contributed by atoms with E-state index in [0.717, 1.165) is 18.5 Å². The number of hydrogen-bond donors (Lipinski definition) is 1. The fourth-order valence-electron chi connectivity index (χ4n) is 2.22. The van der Waals surface area contributed by atoms with Crippen molar-refractivity contribution in [3.63, 3.8) is 0 Å². The third-order valence-corrected chi connectivity index (χ3v) is 3.36. The van der Waals surface area contributed by atoms with Crippen LogP contribution >= 0.6 is 0 Å². The standard InChI is InChI=1S/C15H20N2O2/c1-12-4-6-13(7-5-12)11-14(18)16-8-10-17-9-2-3-15(17)19/h4-7H,2-3,8-11H2,1H3,(H,16,18). The van der Waals surface area contributed by atoms with Crippen LogP contribution in [0.15, 0.2) is 24.3 Å². The molecule has 19 heavy (non-hydrogen) atoms. The molecule has 0 spiro atoms. The monoisotopic (exact) mass is 260 g/mol. The highest BCUT2D eigenvalue weighted by atomic mass is 16.2. The van der Waals surface area contributed by atoms with Crippen molar-refractivity contribution < 1.29 is 9.59 Å². The molecule has 1 N–H and O–H groups in total. The molecule has 1 aromatic carbocycles. The maximum atomic E-state index is 11.7. The van der Waals surface area contributed by atoms with Gasteiger partial charge in [0.05, 0.1) is 6.42 Å². The van der Waals surface area contributed by atoms with Gasteiger partial charge in [-0.1, -0.05) is 29.8 Å². The lowest BCUT2D eigenvalue weighted by atomic mass is 10.1. The summed E-state index contributed by atoms with van der Waals surface area (Å²) in [7, 11) is 0. The van der Waals surface area contributed by atoms with Crippen molar-refractivity contribution >= 4 is 11.8 Å². The van der Waals surface area contributed by atoms with Gasteiger partial charge in [0.2, 0.25) is 11.8 Å². The molecule has 1 aliphatic rings. The summed E-state index contributed by atoms with van der Waals surface area (Å²) >= 11 is 0. The van der Waals surface area contributed by atoms with Crippen LogP contribution in [-0.4, -0.2) is 36.3 Å². The zero-order valence-electron chi connectivity index (χ0n) is 11.3. The van der Waals surface area contributed by atoms with Crippen LogP contribution in [0, 0.1) is 6.92 Å². The lowest BCUT2D eigenvalue weighted by Crippen LogP contribution is -2.36. The number of benzene rings is 1. The molecule has 4 nitrogen and oxygen atoms in total. The normalized spacial score (nSPS) is 14.8. The molecule has 0 aliphatic carbocycles. The number of carbonyl (C=O) groups excluding carboxylic acids is 2. The minimum atomic E-state index is 0.00972. The molecule has 0 bridgehead atoms. The first-order valence-corrected chi connectivity index (χ1v) is 6.75. The molecule has 1 fully saturated rings. The fourth-order valence-corrected chi connectivity index (χ4v) is 2.22. The Hall–Kier alpha value is -1.84. The Morgan fingerprint density at radius 1 is 1.32 bits per heavy atom. The minimum absolute atomic E-state index is 0.00972. The third kappa shape index (κ3) is 4.09. The predicted molar refractivity (Wildman–Crippen MR) is 73.7 cm³/mol. The number of carbonyl (C=O) groups is 2. The van der Waals surface area contributed by atoms with Gasteiger partial charge < -0.3 is 10.2 Å². The summed E-state index contributed by atoms with van der Waals surface area (Å²) in [6.45, 7) is 4.01. The number of nitrogens with one attached hydrogen (secondary N) is 1. The van der Waals surface area contributed by atoms with Gasteiger partial charge in [0.1, 0.15) is 0 Å². The fraction of sp³-hybridized carbons (Fsp3) is 0.467. The van der Waals surface area contributed by atoms with E-state index in [4.69, 9.17) is 0 Å². The van der Waals surface area contributed by atoms with Crippen LogP contribution < -0.4 is 5.32 Å². The molecule has 1 heterocycles. The van der Waals surface area contributed by atoms with E-state index in [1.54, 1.807) is 0 Å². The molecule has 0 saturated carbocycles. The van der Waals surface area contributed by atoms with E-state index in [1.807, 2.05) is 36.1 Å². The van der Waals surface area contributed by atoms with Gasteiger partial charge in [-0.3, -0.25) is 9.59 Å². The minimum Gasteiger partial charge on any atom is -0.354 e. The van der Waals surface area contributed by atoms with Crippen LogP contribution in [0.2, 0.25) is 0 Å². The second-order valence-corrected chi connectivity index (χ2v) is 5.00. The van der Waals surface area contributed by atoms with Crippen LogP contribution in [0.3, 0.4) is 0 Å². The number of hydrogen-bond acceptors (Lipinski definition) is 2. The second kappa shape index (κ2) is 6.36. The maximum Gasteiger partial charge on any atom is 0.224 e. The summed E-state index contributed by atoms with van der Waals surface area (Å²) in [5.41, 5.74) is 2.21. The van der Waals surface area contributed by atoms with E-state index in [9.17, 15) is 9.59 Å². The van der Waals surface area contributed by atoms with Crippen LogP contribution in [-0.2, 0) is 16.0 Å². The van der Waals surface area contributed by atoms with Crippen LogP contribution in [0.25, 0.3) is 0 Å². The molecule has 1 aromatic rings. The van der Waals surface area contributed by atoms with E-state index in [0.29, 0.717) is 25.9 Å². The zero-order chi connectivity index (χ0) is 13.7. The van der Waals surface area contributed by atoms with E-state index < -0.39 is 0 Å². The second-order valence-electron chi connectivity index (χ2n) is 5.00. The van der Waals surface area contributed by atoms with Gasteiger partial charge in [-0.25, -0.2) is 0 Å². The summed E-state index contributed by atoms with van der Waals surface area (Å²) in [6.07, 6.45) is 1.99. The highest BCUT2D eigenvalue weighted by Gasteiger charge is 2.19. The average molecular weight is 260 g/mol. The van der Waals surface area contributed by atoms with Crippen molar-refractivity contribution in [1.29, 1.82) is 0 Å². The van der Waals surface area contributed by atoms with E-state index in [2.05, 4.69) is 5.32 Å². The molecule has 1 aliphatic heterocycles. The Morgan fingerprint density at radius 3 is 2.68 bits per heavy atom. The van der Waals surface area contributed by atoms with Crippen molar-refractivity contribution in [1.82, 2.24) is 10.2 Å². The SMILES string of the molecule is Cc1ccc(CC(=O)NCCN2CCCC2=O)cc1. The molecular formula is C15H20N2O2. The number of aryl methyl sites for hydroxylation is 1. The van der Waals surface area contributed by atoms with Gasteiger partial charge in [0.15, 0.2) is 0 Å². The Morgan fingerprint density at radius 2 is 2.05 bits per heavy atom. The molecule has 0 aromatic heterocycles. The van der Waals surface area contributed by atoms with E-state index in [-0.39, 0.29) is 11.8 Å². The molecule has 2 amide bonds. The van der Waals surface area contributed by atoms with Gasteiger partial charge in [-0.15, -0.1) is 0 Å². The topological polar surface area (TPSA) is 49.4 Å². The van der Waals surface area contributed by atoms with Gasteiger partial charge in [-0.2, -0.15) is 0 Å². The third-order valence-electron chi connectivity index (χ3n) is 3.36. The summed E-state index contributed by atoms with van der Waals surface area (Å²) in [6, 6.07) is 7.95. The van der Waals surface area contributed by atoms with Crippen molar-refractivity contribution in [2.24, 2.45) is 0 Å². The van der Waals surface area contributed by atoms with Gasteiger partial charge in [0.25, 0.3) is 0 Å². The van der Waals surface area contributed by atoms with Gasteiger partial charge in [-0.05, 0) is 18.9 Å². The molecule has 102 valence electrons. The first-order chi connectivity index (χ1) is 9.15. The number of likely N-dealkylation sites (tertiary alicyclic amines) is 1. The number of rotatable bonds is 5. The average Bonchev–Trinajstić information content (AvgIpc) is 2.78. The Labute approximate surface area is 113 Å². The lowest BCUT2D eigenvalue weighted by Gasteiger charge is -2.15. The maximum absolute atomic E-state index is 11.7. The van der Waals surface area contributed by atoms with Crippen molar-refractivity contribution in [2.45, 2.75) is 26.2 Å². The number of amides is 2. The first-order valence-electron chi connectivity index (χ1n) is 6.75. The van der Waals surface area contributed by atoms with Crippen molar-refractivity contribution in [3.8, 4) is 0 Å². The first kappa shape index (κ1) is 13.6. The smallest absolute Gasteiger partial charge is 0.224 e. The highest BCUT2D eigenvalue weighted by Crippen LogP contribution is 2.08. The molecule has 2 rings (SSSR count). The summed E-state index contributed by atoms with van der Waals surface area (Å²) in [4.78, 5) is 24.9. The van der Waals surface area contributed by atoms with Crippen LogP contribution in [0.1, 0.15) is 24.0 Å². The zero-order valence-corrected chi connectivity index (χ0v) is 11.3. The molecule has 0 atom stereocenters. The Bertz CT molecular complexity index is 454.